The number of ether oxygens (including phenoxy) is 1. The van der Waals surface area contributed by atoms with Crippen LogP contribution in [0.15, 0.2) is 12.1 Å². The Labute approximate surface area is 93.6 Å². The zero-order chi connectivity index (χ0) is 11.7. The van der Waals surface area contributed by atoms with Crippen LogP contribution in [0.2, 0.25) is 0 Å². The van der Waals surface area contributed by atoms with E-state index in [1.165, 1.54) is 6.07 Å². The van der Waals surface area contributed by atoms with E-state index < -0.39 is 0 Å². The molecule has 0 saturated carbocycles. The first-order valence-corrected chi connectivity index (χ1v) is 5.26. The zero-order valence-electron chi connectivity index (χ0n) is 8.89. The lowest BCUT2D eigenvalue weighted by molar-refractivity contribution is -0.0160. The molecule has 5 heteroatoms. The van der Waals surface area contributed by atoms with Gasteiger partial charge in [0.15, 0.2) is 11.5 Å². The highest BCUT2D eigenvalue weighted by Gasteiger charge is 2.28. The Kier molecular flexibility index (Phi) is 3.00. The normalized spacial score (nSPS) is 24.1. The molecule has 0 aliphatic carbocycles. The van der Waals surface area contributed by atoms with Crippen LogP contribution in [-0.4, -0.2) is 29.4 Å². The number of rotatable bonds is 2. The van der Waals surface area contributed by atoms with Gasteiger partial charge in [0.25, 0.3) is 0 Å². The summed E-state index contributed by atoms with van der Waals surface area (Å²) in [5.74, 6) is -0.204. The summed E-state index contributed by atoms with van der Waals surface area (Å²) in [6, 6.07) is 3.18. The molecule has 0 unspecified atom stereocenters. The average Bonchev–Trinajstić information content (AvgIpc) is 2.32. The lowest BCUT2D eigenvalue weighted by Crippen LogP contribution is -2.35. The third-order valence-electron chi connectivity index (χ3n) is 2.91. The Morgan fingerprint density at radius 3 is 2.62 bits per heavy atom. The van der Waals surface area contributed by atoms with Gasteiger partial charge in [-0.2, -0.15) is 0 Å². The molecule has 2 atom stereocenters. The quantitative estimate of drug-likeness (QED) is 0.529. The van der Waals surface area contributed by atoms with Crippen molar-refractivity contribution in [2.75, 3.05) is 13.1 Å². The van der Waals surface area contributed by atoms with Crippen molar-refractivity contribution in [2.24, 2.45) is 11.5 Å². The Hall–Kier alpha value is -1.30. The van der Waals surface area contributed by atoms with Crippen molar-refractivity contribution in [3.05, 3.63) is 23.3 Å². The zero-order valence-corrected chi connectivity index (χ0v) is 8.89. The van der Waals surface area contributed by atoms with Gasteiger partial charge in [-0.3, -0.25) is 0 Å². The molecule has 1 aromatic rings. The summed E-state index contributed by atoms with van der Waals surface area (Å²) in [7, 11) is 0. The van der Waals surface area contributed by atoms with Gasteiger partial charge in [-0.1, -0.05) is 6.07 Å². The molecule has 1 aromatic carbocycles. The number of aromatic hydroxyl groups is 2. The lowest BCUT2D eigenvalue weighted by atomic mass is 9.93. The van der Waals surface area contributed by atoms with Crippen LogP contribution in [-0.2, 0) is 11.2 Å². The summed E-state index contributed by atoms with van der Waals surface area (Å²) in [5.41, 5.74) is 12.7. The Bertz CT molecular complexity index is 395. The highest BCUT2D eigenvalue weighted by molar-refractivity contribution is 5.50. The second kappa shape index (κ2) is 4.29. The third-order valence-corrected chi connectivity index (χ3v) is 2.91. The molecule has 1 aliphatic heterocycles. The fourth-order valence-electron chi connectivity index (χ4n) is 2.06. The first-order valence-electron chi connectivity index (χ1n) is 5.26. The SMILES string of the molecule is NC[C@@H]1Cc2c(ccc(O)c2O)[C@H](CN)O1. The topological polar surface area (TPSA) is 102 Å². The molecule has 0 aromatic heterocycles. The number of hydrogen-bond acceptors (Lipinski definition) is 5. The van der Waals surface area contributed by atoms with Crippen LogP contribution < -0.4 is 11.5 Å². The fraction of sp³-hybridized carbons (Fsp3) is 0.455. The van der Waals surface area contributed by atoms with Crippen molar-refractivity contribution in [1.29, 1.82) is 0 Å². The number of fused-ring (bicyclic) bond motifs is 1. The van der Waals surface area contributed by atoms with Crippen LogP contribution in [0.4, 0.5) is 0 Å². The van der Waals surface area contributed by atoms with Crippen LogP contribution in [0.3, 0.4) is 0 Å². The molecule has 88 valence electrons. The molecule has 0 fully saturated rings. The van der Waals surface area contributed by atoms with E-state index in [1.54, 1.807) is 6.07 Å². The van der Waals surface area contributed by atoms with Gasteiger partial charge in [-0.15, -0.1) is 0 Å². The van der Waals surface area contributed by atoms with Gasteiger partial charge >= 0.3 is 0 Å². The lowest BCUT2D eigenvalue weighted by Gasteiger charge is -2.31. The number of phenols is 2. The van der Waals surface area contributed by atoms with E-state index in [9.17, 15) is 10.2 Å². The van der Waals surface area contributed by atoms with E-state index in [1.807, 2.05) is 0 Å². The van der Waals surface area contributed by atoms with Crippen LogP contribution >= 0.6 is 0 Å². The van der Waals surface area contributed by atoms with Crippen LogP contribution in [0.25, 0.3) is 0 Å². The van der Waals surface area contributed by atoms with Gasteiger partial charge in [-0.05, 0) is 11.6 Å². The fourth-order valence-corrected chi connectivity index (χ4v) is 2.06. The van der Waals surface area contributed by atoms with Gasteiger partial charge < -0.3 is 26.4 Å². The molecule has 6 N–H and O–H groups in total. The largest absolute Gasteiger partial charge is 0.504 e. The van der Waals surface area contributed by atoms with E-state index in [0.717, 1.165) is 5.56 Å². The molecule has 0 saturated heterocycles. The highest BCUT2D eigenvalue weighted by atomic mass is 16.5. The van der Waals surface area contributed by atoms with Gasteiger partial charge in [0, 0.05) is 25.1 Å². The molecule has 16 heavy (non-hydrogen) atoms. The smallest absolute Gasteiger partial charge is 0.161 e. The minimum atomic E-state index is -0.260. The maximum absolute atomic E-state index is 9.78. The highest BCUT2D eigenvalue weighted by Crippen LogP contribution is 2.39. The van der Waals surface area contributed by atoms with Crippen LogP contribution in [0.5, 0.6) is 11.5 Å². The minimum Gasteiger partial charge on any atom is -0.504 e. The number of phenolic OH excluding ortho intramolecular Hbond substituents is 2. The minimum absolute atomic E-state index is 0.0855. The third kappa shape index (κ3) is 1.73. The van der Waals surface area contributed by atoms with Crippen LogP contribution in [0, 0.1) is 0 Å². The molecule has 1 heterocycles. The van der Waals surface area contributed by atoms with Gasteiger partial charge in [0.05, 0.1) is 12.2 Å². The monoisotopic (exact) mass is 224 g/mol. The van der Waals surface area contributed by atoms with E-state index >= 15 is 0 Å². The van der Waals surface area contributed by atoms with Crippen LogP contribution in [0.1, 0.15) is 17.2 Å². The van der Waals surface area contributed by atoms with E-state index in [-0.39, 0.29) is 23.7 Å². The molecule has 2 rings (SSSR count). The van der Waals surface area contributed by atoms with E-state index in [4.69, 9.17) is 16.2 Å². The number of nitrogens with two attached hydrogens (primary N) is 2. The summed E-state index contributed by atoms with van der Waals surface area (Å²) in [4.78, 5) is 0. The van der Waals surface area contributed by atoms with Crippen molar-refractivity contribution in [3.63, 3.8) is 0 Å². The summed E-state index contributed by atoms with van der Waals surface area (Å²) in [5, 5.41) is 19.2. The standard InChI is InChI=1S/C11H16N2O3/c12-4-6-3-8-7(10(5-13)16-6)1-2-9(14)11(8)15/h1-2,6,10,14-15H,3-5,12-13H2/t6-,10-/m0/s1. The maximum Gasteiger partial charge on any atom is 0.161 e. The molecule has 0 radical (unpaired) electrons. The van der Waals surface area contributed by atoms with E-state index in [0.29, 0.717) is 25.1 Å². The summed E-state index contributed by atoms with van der Waals surface area (Å²) in [6.07, 6.45) is 0.0836. The predicted octanol–water partition coefficient (Wildman–Crippen LogP) is -0.00240. The van der Waals surface area contributed by atoms with Crippen molar-refractivity contribution in [3.8, 4) is 11.5 Å². The van der Waals surface area contributed by atoms with Gasteiger partial charge in [-0.25, -0.2) is 0 Å². The van der Waals surface area contributed by atoms with Crippen molar-refractivity contribution in [2.45, 2.75) is 18.6 Å². The van der Waals surface area contributed by atoms with Crippen molar-refractivity contribution in [1.82, 2.24) is 0 Å². The van der Waals surface area contributed by atoms with Gasteiger partial charge in [0.1, 0.15) is 0 Å². The van der Waals surface area contributed by atoms with Crippen molar-refractivity contribution >= 4 is 0 Å². The predicted molar refractivity (Wildman–Crippen MR) is 59.2 cm³/mol. The van der Waals surface area contributed by atoms with Gasteiger partial charge in [0.2, 0.25) is 0 Å². The maximum atomic E-state index is 9.78. The Balaban J connectivity index is 2.45. The molecule has 0 bridgehead atoms. The molecule has 0 spiro atoms. The summed E-state index contributed by atoms with van der Waals surface area (Å²) < 4.78 is 5.66. The Morgan fingerprint density at radius 2 is 2.00 bits per heavy atom. The van der Waals surface area contributed by atoms with E-state index in [2.05, 4.69) is 0 Å². The molecule has 5 nitrogen and oxygen atoms in total. The second-order valence-corrected chi connectivity index (χ2v) is 3.92. The number of hydrogen-bond donors (Lipinski definition) is 4. The first kappa shape index (κ1) is 11.2. The molecular formula is C11H16N2O3. The molecule has 1 aliphatic rings. The second-order valence-electron chi connectivity index (χ2n) is 3.92. The number of benzene rings is 1. The molecule has 0 amide bonds. The molecular weight excluding hydrogens is 208 g/mol. The first-order chi connectivity index (χ1) is 7.67. The average molecular weight is 224 g/mol. The Morgan fingerprint density at radius 1 is 1.25 bits per heavy atom. The summed E-state index contributed by atoms with van der Waals surface area (Å²) in [6.45, 7) is 0.693. The van der Waals surface area contributed by atoms with Crippen molar-refractivity contribution < 1.29 is 14.9 Å². The summed E-state index contributed by atoms with van der Waals surface area (Å²) >= 11 is 0.